The number of benzene rings is 2. The van der Waals surface area contributed by atoms with E-state index in [1.807, 2.05) is 12.1 Å². The van der Waals surface area contributed by atoms with Crippen LogP contribution in [0.15, 0.2) is 66.9 Å². The number of nitrogens with zero attached hydrogens (tertiary/aromatic N) is 1. The Morgan fingerprint density at radius 2 is 1.89 bits per heavy atom. The van der Waals surface area contributed by atoms with Gasteiger partial charge in [-0.05, 0) is 49.2 Å². The lowest BCUT2D eigenvalue weighted by Crippen LogP contribution is -2.44. The predicted octanol–water partition coefficient (Wildman–Crippen LogP) is 5.02. The quantitative estimate of drug-likeness (QED) is 0.687. The maximum atomic E-state index is 6.23. The highest BCUT2D eigenvalue weighted by molar-refractivity contribution is 5.39. The van der Waals surface area contributed by atoms with Gasteiger partial charge in [-0.15, -0.1) is 0 Å². The highest BCUT2D eigenvalue weighted by Gasteiger charge is 2.39. The summed E-state index contributed by atoms with van der Waals surface area (Å²) in [5, 5.41) is 0. The van der Waals surface area contributed by atoms with Crippen LogP contribution in [0.3, 0.4) is 0 Å². The Labute approximate surface area is 163 Å². The second kappa shape index (κ2) is 8.62. The third-order valence-electron chi connectivity index (χ3n) is 5.26. The van der Waals surface area contributed by atoms with Gasteiger partial charge in [0.15, 0.2) is 0 Å². The van der Waals surface area contributed by atoms with Crippen molar-refractivity contribution in [2.24, 2.45) is 5.92 Å². The second-order valence-electron chi connectivity index (χ2n) is 7.87. The second-order valence-corrected chi connectivity index (χ2v) is 7.87. The number of hydrogen-bond acceptors (Lipinski definition) is 3. The molecule has 0 amide bonds. The van der Waals surface area contributed by atoms with Crippen molar-refractivity contribution in [2.75, 3.05) is 20.2 Å². The first-order chi connectivity index (χ1) is 13.0. The zero-order chi connectivity index (χ0) is 19.3. The van der Waals surface area contributed by atoms with E-state index in [1.54, 1.807) is 0 Å². The average Bonchev–Trinajstić information content (AvgIpc) is 2.64. The first kappa shape index (κ1) is 19.5. The van der Waals surface area contributed by atoms with Crippen LogP contribution in [0.2, 0.25) is 0 Å². The molecule has 2 aromatic carbocycles. The standard InChI is InChI=1S/C24H31NO2/c1-19(2)27-23-12-8-11-22(15-23)24(13-14-25(4)16-20(24)3)18-26-17-21-9-6-5-7-10-21/h5-15,19-20H,16-18H2,1-4H3/t20-,24-/m0/s1. The van der Waals surface area contributed by atoms with Crippen LogP contribution in [0.25, 0.3) is 0 Å². The highest BCUT2D eigenvalue weighted by Crippen LogP contribution is 2.39. The van der Waals surface area contributed by atoms with E-state index in [9.17, 15) is 0 Å². The molecular weight excluding hydrogens is 334 g/mol. The van der Waals surface area contributed by atoms with Crippen LogP contribution in [-0.4, -0.2) is 31.2 Å². The van der Waals surface area contributed by atoms with Crippen molar-refractivity contribution in [3.63, 3.8) is 0 Å². The van der Waals surface area contributed by atoms with Crippen LogP contribution in [0.5, 0.6) is 5.75 Å². The molecule has 0 aromatic heterocycles. The molecule has 0 radical (unpaired) electrons. The van der Waals surface area contributed by atoms with Crippen molar-refractivity contribution >= 4 is 0 Å². The summed E-state index contributed by atoms with van der Waals surface area (Å²) in [5.41, 5.74) is 2.30. The van der Waals surface area contributed by atoms with E-state index in [0.29, 0.717) is 19.1 Å². The lowest BCUT2D eigenvalue weighted by Gasteiger charge is -2.42. The van der Waals surface area contributed by atoms with Crippen LogP contribution in [0, 0.1) is 5.92 Å². The van der Waals surface area contributed by atoms with E-state index < -0.39 is 0 Å². The maximum absolute atomic E-state index is 6.23. The molecule has 1 aliphatic heterocycles. The first-order valence-electron chi connectivity index (χ1n) is 9.78. The molecule has 0 aliphatic carbocycles. The van der Waals surface area contributed by atoms with Crippen molar-refractivity contribution < 1.29 is 9.47 Å². The largest absolute Gasteiger partial charge is 0.491 e. The van der Waals surface area contributed by atoms with Crippen LogP contribution in [0.1, 0.15) is 31.9 Å². The Balaban J connectivity index is 1.86. The Morgan fingerprint density at radius 1 is 1.11 bits per heavy atom. The van der Waals surface area contributed by atoms with Crippen molar-refractivity contribution in [1.82, 2.24) is 4.90 Å². The molecular formula is C24H31NO2. The van der Waals surface area contributed by atoms with Gasteiger partial charge in [-0.2, -0.15) is 0 Å². The monoisotopic (exact) mass is 365 g/mol. The molecule has 1 aliphatic rings. The minimum atomic E-state index is -0.155. The van der Waals surface area contributed by atoms with Crippen LogP contribution in [-0.2, 0) is 16.8 Å². The first-order valence-corrected chi connectivity index (χ1v) is 9.78. The fraction of sp³-hybridized carbons (Fsp3) is 0.417. The van der Waals surface area contributed by atoms with E-state index in [4.69, 9.17) is 9.47 Å². The predicted molar refractivity (Wildman–Crippen MR) is 111 cm³/mol. The van der Waals surface area contributed by atoms with Crippen LogP contribution >= 0.6 is 0 Å². The van der Waals surface area contributed by atoms with Gasteiger partial charge in [-0.1, -0.05) is 55.5 Å². The van der Waals surface area contributed by atoms with Crippen molar-refractivity contribution in [1.29, 1.82) is 0 Å². The van der Waals surface area contributed by atoms with Crippen LogP contribution < -0.4 is 4.74 Å². The third-order valence-corrected chi connectivity index (χ3v) is 5.26. The summed E-state index contributed by atoms with van der Waals surface area (Å²) >= 11 is 0. The number of ether oxygens (including phenoxy) is 2. The molecule has 144 valence electrons. The lowest BCUT2D eigenvalue weighted by atomic mass is 9.70. The molecule has 0 bridgehead atoms. The minimum Gasteiger partial charge on any atom is -0.491 e. The summed E-state index contributed by atoms with van der Waals surface area (Å²) in [4.78, 5) is 2.24. The van der Waals surface area contributed by atoms with Gasteiger partial charge in [0.05, 0.1) is 19.3 Å². The van der Waals surface area contributed by atoms with E-state index in [1.165, 1.54) is 11.1 Å². The molecule has 0 saturated heterocycles. The molecule has 3 nitrogen and oxygen atoms in total. The molecule has 1 heterocycles. The fourth-order valence-corrected chi connectivity index (χ4v) is 3.78. The van der Waals surface area contributed by atoms with E-state index in [0.717, 1.165) is 12.3 Å². The molecule has 2 aromatic rings. The topological polar surface area (TPSA) is 21.7 Å². The Morgan fingerprint density at radius 3 is 2.59 bits per heavy atom. The zero-order valence-corrected chi connectivity index (χ0v) is 16.9. The fourth-order valence-electron chi connectivity index (χ4n) is 3.78. The van der Waals surface area contributed by atoms with E-state index in [-0.39, 0.29) is 11.5 Å². The van der Waals surface area contributed by atoms with E-state index >= 15 is 0 Å². The van der Waals surface area contributed by atoms with Gasteiger partial charge >= 0.3 is 0 Å². The smallest absolute Gasteiger partial charge is 0.119 e. The summed E-state index contributed by atoms with van der Waals surface area (Å²) < 4.78 is 12.2. The number of rotatable bonds is 7. The summed E-state index contributed by atoms with van der Waals surface area (Å²) in [6, 6.07) is 18.9. The average molecular weight is 366 g/mol. The molecule has 27 heavy (non-hydrogen) atoms. The number of hydrogen-bond donors (Lipinski definition) is 0. The molecule has 0 saturated carbocycles. The molecule has 0 N–H and O–H groups in total. The Kier molecular flexibility index (Phi) is 6.22. The maximum Gasteiger partial charge on any atom is 0.119 e. The van der Waals surface area contributed by atoms with Crippen molar-refractivity contribution in [3.8, 4) is 5.75 Å². The molecule has 2 atom stereocenters. The van der Waals surface area contributed by atoms with Gasteiger partial charge in [-0.25, -0.2) is 0 Å². The van der Waals surface area contributed by atoms with Gasteiger partial charge < -0.3 is 14.4 Å². The summed E-state index contributed by atoms with van der Waals surface area (Å²) in [7, 11) is 2.13. The molecule has 0 fully saturated rings. The molecule has 3 heteroatoms. The molecule has 3 rings (SSSR count). The van der Waals surface area contributed by atoms with Gasteiger partial charge in [0.1, 0.15) is 5.75 Å². The van der Waals surface area contributed by atoms with Crippen molar-refractivity contribution in [2.45, 2.75) is 38.9 Å². The van der Waals surface area contributed by atoms with Gasteiger partial charge in [-0.3, -0.25) is 0 Å². The Hall–Kier alpha value is -2.26. The van der Waals surface area contributed by atoms with Gasteiger partial charge in [0.25, 0.3) is 0 Å². The highest BCUT2D eigenvalue weighted by atomic mass is 16.5. The normalized spacial score (nSPS) is 22.3. The summed E-state index contributed by atoms with van der Waals surface area (Å²) in [5.74, 6) is 1.35. The Bertz CT molecular complexity index is 756. The van der Waals surface area contributed by atoms with Gasteiger partial charge in [0, 0.05) is 19.0 Å². The van der Waals surface area contributed by atoms with Crippen molar-refractivity contribution in [3.05, 3.63) is 78.0 Å². The minimum absolute atomic E-state index is 0.155. The third kappa shape index (κ3) is 4.72. The SMILES string of the molecule is CC(C)Oc1cccc([C@]2(COCc3ccccc3)C=CN(C)C[C@@H]2C)c1. The lowest BCUT2D eigenvalue weighted by molar-refractivity contribution is 0.0571. The zero-order valence-electron chi connectivity index (χ0n) is 16.9. The van der Waals surface area contributed by atoms with E-state index in [2.05, 4.69) is 87.5 Å². The van der Waals surface area contributed by atoms with Gasteiger partial charge in [0.2, 0.25) is 0 Å². The summed E-state index contributed by atoms with van der Waals surface area (Å²) in [6.07, 6.45) is 4.65. The molecule has 0 spiro atoms. The van der Waals surface area contributed by atoms with Crippen LogP contribution in [0.4, 0.5) is 0 Å². The molecule has 0 unspecified atom stereocenters. The summed E-state index contributed by atoms with van der Waals surface area (Å²) in [6.45, 7) is 8.70.